The standard InChI is InChI=1S/C21H20Cl2N4O/c22-18-4-3-14(10-19(18)23)20(13-5-7-24-8-6-13)27-21(28)15-1-2-16-11-25-26-12-17(16)9-15/h1-4,9-13,20,24H,5-8H2,(H,27,28). The predicted molar refractivity (Wildman–Crippen MR) is 112 cm³/mol. The minimum atomic E-state index is -0.129. The van der Waals surface area contributed by atoms with E-state index in [1.165, 1.54) is 0 Å². The summed E-state index contributed by atoms with van der Waals surface area (Å²) >= 11 is 12.3. The lowest BCUT2D eigenvalue weighted by atomic mass is 9.85. The van der Waals surface area contributed by atoms with E-state index < -0.39 is 0 Å². The monoisotopic (exact) mass is 414 g/mol. The Balaban J connectivity index is 1.63. The normalized spacial score (nSPS) is 16.1. The molecule has 144 valence electrons. The van der Waals surface area contributed by atoms with Gasteiger partial charge >= 0.3 is 0 Å². The Kier molecular flexibility index (Phi) is 5.76. The lowest BCUT2D eigenvalue weighted by molar-refractivity contribution is 0.0914. The third kappa shape index (κ3) is 4.12. The first-order valence-electron chi connectivity index (χ1n) is 9.29. The van der Waals surface area contributed by atoms with Crippen LogP contribution in [0.4, 0.5) is 0 Å². The summed E-state index contributed by atoms with van der Waals surface area (Å²) < 4.78 is 0. The van der Waals surface area contributed by atoms with Crippen LogP contribution >= 0.6 is 23.2 Å². The molecule has 1 saturated heterocycles. The average molecular weight is 415 g/mol. The fourth-order valence-corrected chi connectivity index (χ4v) is 4.02. The molecule has 0 aliphatic carbocycles. The number of nitrogens with one attached hydrogen (secondary N) is 2. The van der Waals surface area contributed by atoms with Crippen LogP contribution in [-0.4, -0.2) is 29.2 Å². The van der Waals surface area contributed by atoms with Gasteiger partial charge in [-0.2, -0.15) is 10.2 Å². The second-order valence-corrected chi connectivity index (χ2v) is 7.86. The first-order chi connectivity index (χ1) is 13.6. The van der Waals surface area contributed by atoms with Crippen LogP contribution in [0, 0.1) is 5.92 Å². The molecule has 2 N–H and O–H groups in total. The van der Waals surface area contributed by atoms with Gasteiger partial charge in [-0.05, 0) is 61.7 Å². The maximum Gasteiger partial charge on any atom is 0.251 e. The van der Waals surface area contributed by atoms with Gasteiger partial charge in [-0.1, -0.05) is 35.3 Å². The maximum absolute atomic E-state index is 13.0. The summed E-state index contributed by atoms with van der Waals surface area (Å²) in [5.41, 5.74) is 1.57. The number of carbonyl (C=O) groups is 1. The van der Waals surface area contributed by atoms with Gasteiger partial charge in [0, 0.05) is 16.3 Å². The number of nitrogens with zero attached hydrogens (tertiary/aromatic N) is 2. The Morgan fingerprint density at radius 1 is 1.00 bits per heavy atom. The molecule has 2 heterocycles. The van der Waals surface area contributed by atoms with Crippen LogP contribution in [-0.2, 0) is 0 Å². The second-order valence-electron chi connectivity index (χ2n) is 7.04. The molecule has 1 amide bonds. The molecule has 1 aliphatic rings. The Morgan fingerprint density at radius 3 is 2.50 bits per heavy atom. The summed E-state index contributed by atoms with van der Waals surface area (Å²) in [5.74, 6) is 0.210. The summed E-state index contributed by atoms with van der Waals surface area (Å²) in [5, 5.41) is 17.2. The van der Waals surface area contributed by atoms with Gasteiger partial charge in [0.15, 0.2) is 0 Å². The second kappa shape index (κ2) is 8.43. The number of amides is 1. The van der Waals surface area contributed by atoms with Crippen LogP contribution < -0.4 is 10.6 Å². The molecule has 7 heteroatoms. The molecular weight excluding hydrogens is 395 g/mol. The fourth-order valence-electron chi connectivity index (χ4n) is 3.72. The van der Waals surface area contributed by atoms with Gasteiger partial charge in [0.2, 0.25) is 0 Å². The van der Waals surface area contributed by atoms with Crippen LogP contribution in [0.5, 0.6) is 0 Å². The number of piperidine rings is 1. The van der Waals surface area contributed by atoms with E-state index in [2.05, 4.69) is 20.8 Å². The lowest BCUT2D eigenvalue weighted by Crippen LogP contribution is -2.38. The molecule has 1 atom stereocenters. The van der Waals surface area contributed by atoms with E-state index in [1.54, 1.807) is 18.5 Å². The van der Waals surface area contributed by atoms with Crippen LogP contribution in [0.2, 0.25) is 10.0 Å². The van der Waals surface area contributed by atoms with Crippen molar-refractivity contribution in [2.24, 2.45) is 5.92 Å². The number of rotatable bonds is 4. The zero-order chi connectivity index (χ0) is 19.5. The third-order valence-electron chi connectivity index (χ3n) is 5.25. The molecule has 0 bridgehead atoms. The molecule has 3 aromatic rings. The zero-order valence-corrected chi connectivity index (χ0v) is 16.7. The summed E-state index contributed by atoms with van der Waals surface area (Å²) in [6.45, 7) is 1.88. The highest BCUT2D eigenvalue weighted by atomic mass is 35.5. The summed E-state index contributed by atoms with van der Waals surface area (Å²) in [7, 11) is 0. The highest BCUT2D eigenvalue weighted by molar-refractivity contribution is 6.42. The smallest absolute Gasteiger partial charge is 0.251 e. The minimum absolute atomic E-state index is 0.117. The number of halogens is 2. The Bertz CT molecular complexity index is 1000. The topological polar surface area (TPSA) is 66.9 Å². The molecule has 1 fully saturated rings. The molecule has 4 rings (SSSR count). The predicted octanol–water partition coefficient (Wildman–Crippen LogP) is 4.41. The summed E-state index contributed by atoms with van der Waals surface area (Å²) in [4.78, 5) is 13.0. The molecule has 0 saturated carbocycles. The van der Waals surface area contributed by atoms with E-state index in [4.69, 9.17) is 23.2 Å². The van der Waals surface area contributed by atoms with Crippen LogP contribution in [0.25, 0.3) is 10.8 Å². The SMILES string of the molecule is O=C(NC(c1ccc(Cl)c(Cl)c1)C1CCNCC1)c1ccc2cnncc2c1. The van der Waals surface area contributed by atoms with Crippen molar-refractivity contribution < 1.29 is 4.79 Å². The number of carbonyl (C=O) groups excluding carboxylic acids is 1. The number of hydrogen-bond acceptors (Lipinski definition) is 4. The maximum atomic E-state index is 13.0. The van der Waals surface area contributed by atoms with Crippen molar-refractivity contribution in [3.8, 4) is 0 Å². The van der Waals surface area contributed by atoms with Gasteiger partial charge < -0.3 is 10.6 Å². The van der Waals surface area contributed by atoms with Crippen LogP contribution in [0.3, 0.4) is 0 Å². The summed E-state index contributed by atoms with van der Waals surface area (Å²) in [6, 6.07) is 11.0. The third-order valence-corrected chi connectivity index (χ3v) is 5.99. The molecule has 0 spiro atoms. The van der Waals surface area contributed by atoms with Crippen molar-refractivity contribution in [3.63, 3.8) is 0 Å². The van der Waals surface area contributed by atoms with Gasteiger partial charge in [-0.15, -0.1) is 0 Å². The molecule has 2 aromatic carbocycles. The van der Waals surface area contributed by atoms with Gasteiger partial charge in [-0.25, -0.2) is 0 Å². The number of hydrogen-bond donors (Lipinski definition) is 2. The largest absolute Gasteiger partial charge is 0.345 e. The van der Waals surface area contributed by atoms with Gasteiger partial charge in [-0.3, -0.25) is 4.79 Å². The van der Waals surface area contributed by atoms with E-state index in [0.717, 1.165) is 42.3 Å². The Hall–Kier alpha value is -2.21. The molecule has 1 unspecified atom stereocenters. The quantitative estimate of drug-likeness (QED) is 0.663. The minimum Gasteiger partial charge on any atom is -0.345 e. The lowest BCUT2D eigenvalue weighted by Gasteiger charge is -2.32. The summed E-state index contributed by atoms with van der Waals surface area (Å²) in [6.07, 6.45) is 5.32. The highest BCUT2D eigenvalue weighted by Crippen LogP contribution is 2.33. The van der Waals surface area contributed by atoms with E-state index in [1.807, 2.05) is 30.3 Å². The first-order valence-corrected chi connectivity index (χ1v) is 10.0. The Labute approximate surface area is 173 Å². The zero-order valence-electron chi connectivity index (χ0n) is 15.2. The van der Waals surface area contributed by atoms with Gasteiger partial charge in [0.1, 0.15) is 0 Å². The average Bonchev–Trinajstić information content (AvgIpc) is 2.74. The van der Waals surface area contributed by atoms with E-state index in [-0.39, 0.29) is 11.9 Å². The van der Waals surface area contributed by atoms with Gasteiger partial charge in [0.25, 0.3) is 5.91 Å². The van der Waals surface area contributed by atoms with Crippen molar-refractivity contribution in [3.05, 3.63) is 70.0 Å². The van der Waals surface area contributed by atoms with Crippen LogP contribution in [0.1, 0.15) is 34.8 Å². The van der Waals surface area contributed by atoms with Crippen molar-refractivity contribution >= 4 is 39.9 Å². The van der Waals surface area contributed by atoms with Gasteiger partial charge in [0.05, 0.1) is 28.5 Å². The molecule has 5 nitrogen and oxygen atoms in total. The Morgan fingerprint density at radius 2 is 1.75 bits per heavy atom. The number of benzene rings is 2. The van der Waals surface area contributed by atoms with Crippen LogP contribution in [0.15, 0.2) is 48.8 Å². The van der Waals surface area contributed by atoms with E-state index >= 15 is 0 Å². The van der Waals surface area contributed by atoms with Crippen molar-refractivity contribution in [1.82, 2.24) is 20.8 Å². The molecule has 1 aliphatic heterocycles. The molecule has 1 aromatic heterocycles. The molecular formula is C21H20Cl2N4O. The van der Waals surface area contributed by atoms with Crippen molar-refractivity contribution in [2.75, 3.05) is 13.1 Å². The molecule has 28 heavy (non-hydrogen) atoms. The number of fused-ring (bicyclic) bond motifs is 1. The highest BCUT2D eigenvalue weighted by Gasteiger charge is 2.27. The van der Waals surface area contributed by atoms with Crippen molar-refractivity contribution in [2.45, 2.75) is 18.9 Å². The van der Waals surface area contributed by atoms with Crippen molar-refractivity contribution in [1.29, 1.82) is 0 Å². The van der Waals surface area contributed by atoms with E-state index in [9.17, 15) is 4.79 Å². The molecule has 0 radical (unpaired) electrons. The number of aromatic nitrogens is 2. The fraction of sp³-hybridized carbons (Fsp3) is 0.286. The van der Waals surface area contributed by atoms with E-state index in [0.29, 0.717) is 21.5 Å². The first kappa shape index (κ1) is 19.1.